The second-order valence-corrected chi connectivity index (χ2v) is 8.00. The van der Waals surface area contributed by atoms with Crippen molar-refractivity contribution < 1.29 is 30.9 Å². The fourth-order valence-corrected chi connectivity index (χ4v) is 3.61. The van der Waals surface area contributed by atoms with Gasteiger partial charge in [-0.05, 0) is 13.3 Å². The van der Waals surface area contributed by atoms with E-state index < -0.39 is 0 Å². The number of hydrogen-bond donors (Lipinski definition) is 0. The van der Waals surface area contributed by atoms with Crippen LogP contribution >= 0.6 is 0 Å². The Labute approximate surface area is 222 Å². The minimum atomic E-state index is 0. The van der Waals surface area contributed by atoms with E-state index in [4.69, 9.17) is 4.74 Å². The number of allylic oxidation sites excluding steroid dienone is 3. The maximum Gasteiger partial charge on any atom is 2.00 e. The first-order valence-electron chi connectivity index (χ1n) is 11.4. The Morgan fingerprint density at radius 3 is 2.21 bits per heavy atom. The van der Waals surface area contributed by atoms with Gasteiger partial charge in [0.15, 0.2) is 0 Å². The minimum Gasteiger partial charge on any atom is -0.386 e. The molecule has 0 saturated heterocycles. The molecular weight excluding hydrogens is 496 g/mol. The number of unbranched alkanes of at least 4 members (excludes halogenated alkanes) is 1. The number of rotatable bonds is 6. The first-order chi connectivity index (χ1) is 15.6. The predicted octanol–water partition coefficient (Wildman–Crippen LogP) is 8.25. The first-order valence-corrected chi connectivity index (χ1v) is 12.1. The van der Waals surface area contributed by atoms with Crippen LogP contribution < -0.4 is 0 Å². The fraction of sp³-hybridized carbons (Fsp3) is 0.267. The average molecular weight is 531 g/mol. The summed E-state index contributed by atoms with van der Waals surface area (Å²) in [5.41, 5.74) is 4.05. The number of fused-ring (bicyclic) bond motifs is 2. The Balaban J connectivity index is 0.000000264. The van der Waals surface area contributed by atoms with Crippen molar-refractivity contribution >= 4 is 37.9 Å². The topological polar surface area (TPSA) is 9.23 Å². The van der Waals surface area contributed by atoms with Gasteiger partial charge in [-0.2, -0.15) is 11.6 Å². The monoisotopic (exact) mass is 529 g/mol. The van der Waals surface area contributed by atoms with Gasteiger partial charge in [-0.3, -0.25) is 0 Å². The molecule has 0 N–H and O–H groups in total. The third kappa shape index (κ3) is 9.53. The van der Waals surface area contributed by atoms with E-state index in [9.17, 15) is 0 Å². The zero-order chi connectivity index (χ0) is 23.2. The van der Waals surface area contributed by atoms with Gasteiger partial charge in [0.1, 0.15) is 0 Å². The van der Waals surface area contributed by atoms with Crippen LogP contribution in [-0.4, -0.2) is 23.1 Å². The standard InChI is InChI=1S/C15H15.C10H9.C5H11OSi.Zr/c1-3-4-5-8-13-11-14-9-6-7-10-15(14)12(13)2;1-8-6-7-9-4-2-3-5-10(8)9;1-2-3-4-6-5-7;/h3-11H,1-2H3;2-7H,1H3;2-5H2,1H3;/q2*-1;;+2. The first kappa shape index (κ1) is 29.2. The summed E-state index contributed by atoms with van der Waals surface area (Å²) in [4.78, 5) is 0. The van der Waals surface area contributed by atoms with Crippen LogP contribution in [0.3, 0.4) is 0 Å². The zero-order valence-corrected chi connectivity index (χ0v) is 23.9. The van der Waals surface area contributed by atoms with Gasteiger partial charge in [-0.25, -0.2) is 0 Å². The van der Waals surface area contributed by atoms with Crippen LogP contribution in [0.2, 0.25) is 0 Å². The van der Waals surface area contributed by atoms with Crippen molar-refractivity contribution in [2.24, 2.45) is 0 Å². The SMILES string of the molecule is CC=CC=Cc1[cH-]c2ccccc2c1C.CCCCOC[Si].Cc1c[cH-]c2ccccc12.[Zr+2]. The second-order valence-electron chi connectivity index (χ2n) is 7.71. The third-order valence-corrected chi connectivity index (χ3v) is 5.54. The van der Waals surface area contributed by atoms with E-state index in [1.54, 1.807) is 0 Å². The van der Waals surface area contributed by atoms with Gasteiger partial charge in [0.2, 0.25) is 0 Å². The minimum absolute atomic E-state index is 0. The molecule has 0 spiro atoms. The van der Waals surface area contributed by atoms with Gasteiger partial charge in [-0.15, -0.1) is 75.1 Å². The summed E-state index contributed by atoms with van der Waals surface area (Å²) in [5, 5.41) is 5.41. The summed E-state index contributed by atoms with van der Waals surface area (Å²) in [6.07, 6.45) is 11.4. The van der Waals surface area contributed by atoms with E-state index >= 15 is 0 Å². The normalized spacial score (nSPS) is 10.7. The van der Waals surface area contributed by atoms with Crippen LogP contribution in [0.1, 0.15) is 43.4 Å². The molecule has 0 aliphatic carbocycles. The molecular formula is C30H35OSiZr. The van der Waals surface area contributed by atoms with E-state index in [0.29, 0.717) is 6.23 Å². The molecule has 4 aromatic carbocycles. The molecule has 4 rings (SSSR count). The Morgan fingerprint density at radius 1 is 0.939 bits per heavy atom. The molecule has 0 unspecified atom stereocenters. The second kappa shape index (κ2) is 16.8. The van der Waals surface area contributed by atoms with Crippen molar-refractivity contribution in [3.8, 4) is 0 Å². The van der Waals surface area contributed by atoms with Crippen LogP contribution in [0.4, 0.5) is 0 Å². The van der Waals surface area contributed by atoms with Crippen molar-refractivity contribution in [1.82, 2.24) is 0 Å². The van der Waals surface area contributed by atoms with Crippen molar-refractivity contribution in [3.05, 3.63) is 102 Å². The van der Waals surface area contributed by atoms with Gasteiger partial charge < -0.3 is 4.74 Å². The summed E-state index contributed by atoms with van der Waals surface area (Å²) in [5.74, 6) is 0. The van der Waals surface area contributed by atoms with Gasteiger partial charge in [0.25, 0.3) is 0 Å². The van der Waals surface area contributed by atoms with Crippen LogP contribution in [-0.2, 0) is 30.9 Å². The van der Waals surface area contributed by atoms with Gasteiger partial charge in [0, 0.05) is 12.8 Å². The summed E-state index contributed by atoms with van der Waals surface area (Å²) >= 11 is 0. The fourth-order valence-electron chi connectivity index (χ4n) is 3.46. The Morgan fingerprint density at radius 2 is 1.61 bits per heavy atom. The molecule has 4 aromatic rings. The van der Waals surface area contributed by atoms with Crippen molar-refractivity contribution in [1.29, 1.82) is 0 Å². The Bertz CT molecular complexity index is 1110. The average Bonchev–Trinajstić information content (AvgIpc) is 3.36. The Hall–Kier alpha value is -1.80. The smallest absolute Gasteiger partial charge is 0.386 e. The van der Waals surface area contributed by atoms with Crippen LogP contribution in [0.5, 0.6) is 0 Å². The maximum absolute atomic E-state index is 4.99. The van der Waals surface area contributed by atoms with Crippen LogP contribution in [0, 0.1) is 13.8 Å². The van der Waals surface area contributed by atoms with Gasteiger partial charge in [0.05, 0.1) is 10.2 Å². The molecule has 0 aliphatic heterocycles. The number of hydrogen-bond acceptors (Lipinski definition) is 1. The van der Waals surface area contributed by atoms with Crippen LogP contribution in [0.25, 0.3) is 27.6 Å². The van der Waals surface area contributed by atoms with E-state index in [2.05, 4.69) is 116 Å². The molecule has 169 valence electrons. The number of aryl methyl sites for hydroxylation is 2. The summed E-state index contributed by atoms with van der Waals surface area (Å²) in [6.45, 7) is 9.38. The molecule has 3 radical (unpaired) electrons. The molecule has 0 aliphatic rings. The molecule has 0 amide bonds. The predicted molar refractivity (Wildman–Crippen MR) is 144 cm³/mol. The molecule has 1 nitrogen and oxygen atoms in total. The van der Waals surface area contributed by atoms with Gasteiger partial charge in [-0.1, -0.05) is 69.7 Å². The quantitative estimate of drug-likeness (QED) is 0.106. The molecule has 0 heterocycles. The molecule has 0 fully saturated rings. The Kier molecular flexibility index (Phi) is 14.8. The van der Waals surface area contributed by atoms with Gasteiger partial charge >= 0.3 is 26.2 Å². The molecule has 0 saturated carbocycles. The van der Waals surface area contributed by atoms with E-state index in [1.165, 1.54) is 51.1 Å². The zero-order valence-electron chi connectivity index (χ0n) is 20.4. The summed E-state index contributed by atoms with van der Waals surface area (Å²) in [7, 11) is 3.20. The molecule has 0 bridgehead atoms. The third-order valence-electron chi connectivity index (χ3n) is 5.33. The molecule has 0 aromatic heterocycles. The summed E-state index contributed by atoms with van der Waals surface area (Å²) in [6, 6.07) is 23.5. The molecule has 3 heteroatoms. The van der Waals surface area contributed by atoms with Crippen molar-refractivity contribution in [3.63, 3.8) is 0 Å². The van der Waals surface area contributed by atoms with Crippen molar-refractivity contribution in [2.45, 2.75) is 40.5 Å². The largest absolute Gasteiger partial charge is 2.00 e. The molecule has 0 atom stereocenters. The maximum atomic E-state index is 4.99. The van der Waals surface area contributed by atoms with Crippen molar-refractivity contribution in [2.75, 3.05) is 12.8 Å². The number of ether oxygens (including phenoxy) is 1. The number of benzene rings is 2. The van der Waals surface area contributed by atoms with E-state index in [-0.39, 0.29) is 26.2 Å². The summed E-state index contributed by atoms with van der Waals surface area (Å²) < 4.78 is 4.99. The van der Waals surface area contributed by atoms with E-state index in [0.717, 1.165) is 6.61 Å². The van der Waals surface area contributed by atoms with Crippen LogP contribution in [0.15, 0.2) is 85.0 Å². The van der Waals surface area contributed by atoms with E-state index in [1.807, 2.05) is 13.0 Å². The molecule has 33 heavy (non-hydrogen) atoms.